The summed E-state index contributed by atoms with van der Waals surface area (Å²) in [7, 11) is -2.75. The van der Waals surface area contributed by atoms with Crippen molar-refractivity contribution in [2.24, 2.45) is 0 Å². The minimum atomic E-state index is -4.01. The second kappa shape index (κ2) is 9.75. The fraction of sp³-hybridized carbons (Fsp3) is 0.458. The molecule has 0 bridgehead atoms. The molecule has 0 heterocycles. The molecule has 0 saturated carbocycles. The fourth-order valence-corrected chi connectivity index (χ4v) is 5.30. The highest BCUT2D eigenvalue weighted by molar-refractivity contribution is 7.89. The van der Waals surface area contributed by atoms with E-state index >= 15 is 0 Å². The summed E-state index contributed by atoms with van der Waals surface area (Å²) in [5.41, 5.74) is 3.15. The summed E-state index contributed by atoms with van der Waals surface area (Å²) in [6, 6.07) is 11.6. The van der Waals surface area contributed by atoms with Crippen molar-refractivity contribution in [3.05, 3.63) is 64.7 Å². The number of sulfonamides is 1. The number of carbonyl (C=O) groups excluding carboxylic acids is 1. The first-order valence-electron chi connectivity index (χ1n) is 10.3. The van der Waals surface area contributed by atoms with E-state index in [4.69, 9.17) is 4.74 Å². The van der Waals surface area contributed by atoms with E-state index in [1.807, 2.05) is 45.9 Å². The normalized spacial score (nSPS) is 13.1. The first-order chi connectivity index (χ1) is 14.0. The summed E-state index contributed by atoms with van der Waals surface area (Å²) >= 11 is 0. The number of ether oxygens (including phenoxy) is 1. The van der Waals surface area contributed by atoms with Crippen molar-refractivity contribution in [2.75, 3.05) is 7.11 Å². The van der Waals surface area contributed by atoms with Gasteiger partial charge in [-0.15, -0.1) is 0 Å². The molecule has 164 valence electrons. The molecule has 0 aliphatic heterocycles. The van der Waals surface area contributed by atoms with Crippen LogP contribution in [0.4, 0.5) is 0 Å². The molecule has 0 fully saturated rings. The van der Waals surface area contributed by atoms with Gasteiger partial charge in [-0.05, 0) is 40.0 Å². The van der Waals surface area contributed by atoms with Gasteiger partial charge in [-0.2, -0.15) is 4.72 Å². The summed E-state index contributed by atoms with van der Waals surface area (Å²) in [6.07, 6.45) is 0. The van der Waals surface area contributed by atoms with E-state index in [1.54, 1.807) is 24.3 Å². The topological polar surface area (TPSA) is 72.5 Å². The molecule has 2 rings (SSSR count). The number of nitrogens with one attached hydrogen (secondary N) is 1. The lowest BCUT2D eigenvalue weighted by Gasteiger charge is -2.24. The zero-order valence-electron chi connectivity index (χ0n) is 18.9. The lowest BCUT2D eigenvalue weighted by Crippen LogP contribution is -2.35. The maximum atomic E-state index is 13.6. The van der Waals surface area contributed by atoms with Gasteiger partial charge < -0.3 is 4.74 Å². The van der Waals surface area contributed by atoms with Gasteiger partial charge in [0.2, 0.25) is 10.0 Å². The molecule has 0 aromatic heterocycles. The van der Waals surface area contributed by atoms with Crippen LogP contribution in [0.5, 0.6) is 0 Å². The Kier molecular flexibility index (Phi) is 7.83. The molecule has 1 atom stereocenters. The molecule has 6 heteroatoms. The van der Waals surface area contributed by atoms with Crippen LogP contribution in [0.3, 0.4) is 0 Å². The predicted molar refractivity (Wildman–Crippen MR) is 120 cm³/mol. The number of hydrogen-bond acceptors (Lipinski definition) is 4. The summed E-state index contributed by atoms with van der Waals surface area (Å²) in [5, 5.41) is 0. The summed E-state index contributed by atoms with van der Waals surface area (Å²) in [5.74, 6) is -0.375. The van der Waals surface area contributed by atoms with Gasteiger partial charge in [-0.25, -0.2) is 13.2 Å². The van der Waals surface area contributed by atoms with Crippen LogP contribution >= 0.6 is 0 Å². The monoisotopic (exact) mass is 431 g/mol. The van der Waals surface area contributed by atoms with Crippen molar-refractivity contribution < 1.29 is 17.9 Å². The number of benzene rings is 2. The number of esters is 1. The van der Waals surface area contributed by atoms with Gasteiger partial charge in [0.15, 0.2) is 0 Å². The molecule has 0 aliphatic carbocycles. The molecule has 1 N–H and O–H groups in total. The van der Waals surface area contributed by atoms with Crippen molar-refractivity contribution in [3.8, 4) is 0 Å². The van der Waals surface area contributed by atoms with Gasteiger partial charge in [0, 0.05) is 0 Å². The number of methoxy groups -OCH3 is 1. The van der Waals surface area contributed by atoms with Crippen molar-refractivity contribution >= 4 is 16.0 Å². The average molecular weight is 432 g/mol. The van der Waals surface area contributed by atoms with Gasteiger partial charge in [-0.3, -0.25) is 0 Å². The third kappa shape index (κ3) is 5.29. The molecule has 0 spiro atoms. The molecule has 0 amide bonds. The van der Waals surface area contributed by atoms with E-state index < -0.39 is 22.0 Å². The molecule has 1 unspecified atom stereocenters. The second-order valence-electron chi connectivity index (χ2n) is 8.48. The average Bonchev–Trinajstić information content (AvgIpc) is 2.70. The summed E-state index contributed by atoms with van der Waals surface area (Å²) in [4.78, 5) is 12.7. The van der Waals surface area contributed by atoms with Gasteiger partial charge in [-0.1, -0.05) is 84.0 Å². The lowest BCUT2D eigenvalue weighted by atomic mass is 9.89. The summed E-state index contributed by atoms with van der Waals surface area (Å²) in [6.45, 7) is 12.1. The molecule has 30 heavy (non-hydrogen) atoms. The van der Waals surface area contributed by atoms with Crippen LogP contribution in [0.15, 0.2) is 47.4 Å². The highest BCUT2D eigenvalue weighted by Crippen LogP contribution is 2.35. The first-order valence-corrected chi connectivity index (χ1v) is 11.8. The lowest BCUT2D eigenvalue weighted by molar-refractivity contribution is -0.142. The van der Waals surface area contributed by atoms with Crippen molar-refractivity contribution in [3.63, 3.8) is 0 Å². The number of hydrogen-bond donors (Lipinski definition) is 1. The van der Waals surface area contributed by atoms with E-state index in [1.165, 1.54) is 7.11 Å². The molecular formula is C24H33NO4S. The molecule has 0 saturated heterocycles. The van der Waals surface area contributed by atoms with Crippen LogP contribution in [-0.4, -0.2) is 21.5 Å². The molecule has 5 nitrogen and oxygen atoms in total. The first kappa shape index (κ1) is 24.1. The minimum Gasteiger partial charge on any atom is -0.468 e. The van der Waals surface area contributed by atoms with Crippen LogP contribution in [0.25, 0.3) is 0 Å². The van der Waals surface area contributed by atoms with E-state index in [0.29, 0.717) is 5.56 Å². The Labute approximate surface area is 180 Å². The third-order valence-corrected chi connectivity index (χ3v) is 6.75. The van der Waals surface area contributed by atoms with Crippen LogP contribution < -0.4 is 4.72 Å². The minimum absolute atomic E-state index is 0.000997. The fourth-order valence-electron chi connectivity index (χ4n) is 3.43. The van der Waals surface area contributed by atoms with E-state index in [-0.39, 0.29) is 22.6 Å². The highest BCUT2D eigenvalue weighted by atomic mass is 32.2. The van der Waals surface area contributed by atoms with Crippen LogP contribution in [0, 0.1) is 0 Å². The molecule has 2 aromatic rings. The van der Waals surface area contributed by atoms with Crippen LogP contribution in [0.1, 0.15) is 87.6 Å². The zero-order valence-corrected chi connectivity index (χ0v) is 19.7. The standard InChI is InChI=1S/C24H33NO4S/c1-15(2)19-13-20(16(3)4)23(21(14-19)17(5)6)30(27,28)25-22(24(26)29-7)18-11-9-8-10-12-18/h8-17,22,25H,1-7H3. The Bertz CT molecular complexity index is 951. The Morgan fingerprint density at radius 1 is 0.833 bits per heavy atom. The highest BCUT2D eigenvalue weighted by Gasteiger charge is 2.32. The largest absolute Gasteiger partial charge is 0.468 e. The van der Waals surface area contributed by atoms with Crippen molar-refractivity contribution in [1.29, 1.82) is 0 Å². The Balaban J connectivity index is 2.69. The van der Waals surface area contributed by atoms with E-state index in [0.717, 1.165) is 16.7 Å². The number of rotatable bonds is 8. The third-order valence-electron chi connectivity index (χ3n) is 5.19. The summed E-state index contributed by atoms with van der Waals surface area (Å²) < 4.78 is 34.8. The SMILES string of the molecule is COC(=O)C(NS(=O)(=O)c1c(C(C)C)cc(C(C)C)cc1C(C)C)c1ccccc1. The van der Waals surface area contributed by atoms with Gasteiger partial charge >= 0.3 is 5.97 Å². The zero-order chi connectivity index (χ0) is 22.6. The second-order valence-corrected chi connectivity index (χ2v) is 10.1. The number of carbonyl (C=O) groups is 1. The quantitative estimate of drug-likeness (QED) is 0.580. The maximum absolute atomic E-state index is 13.6. The van der Waals surface area contributed by atoms with Crippen LogP contribution in [0.2, 0.25) is 0 Å². The van der Waals surface area contributed by atoms with E-state index in [2.05, 4.69) is 18.6 Å². The van der Waals surface area contributed by atoms with Gasteiger partial charge in [0.05, 0.1) is 12.0 Å². The Hall–Kier alpha value is -2.18. The van der Waals surface area contributed by atoms with E-state index in [9.17, 15) is 13.2 Å². The Morgan fingerprint density at radius 2 is 1.33 bits per heavy atom. The molecule has 0 radical (unpaired) electrons. The van der Waals surface area contributed by atoms with Crippen LogP contribution in [-0.2, 0) is 19.6 Å². The molecule has 0 aliphatic rings. The van der Waals surface area contributed by atoms with Crippen molar-refractivity contribution in [2.45, 2.75) is 70.2 Å². The Morgan fingerprint density at radius 3 is 1.73 bits per heavy atom. The smallest absolute Gasteiger partial charge is 0.328 e. The van der Waals surface area contributed by atoms with Gasteiger partial charge in [0.1, 0.15) is 6.04 Å². The van der Waals surface area contributed by atoms with Gasteiger partial charge in [0.25, 0.3) is 0 Å². The molecule has 2 aromatic carbocycles. The van der Waals surface area contributed by atoms with Crippen molar-refractivity contribution in [1.82, 2.24) is 4.72 Å². The predicted octanol–water partition coefficient (Wildman–Crippen LogP) is 5.25. The maximum Gasteiger partial charge on any atom is 0.328 e. The molecular weight excluding hydrogens is 398 g/mol.